The van der Waals surface area contributed by atoms with Crippen LogP contribution in [0.1, 0.15) is 37.7 Å². The van der Waals surface area contributed by atoms with E-state index in [2.05, 4.69) is 10.2 Å². The summed E-state index contributed by atoms with van der Waals surface area (Å²) in [4.78, 5) is 15.1. The Balaban J connectivity index is 1.53. The van der Waals surface area contributed by atoms with E-state index in [0.717, 1.165) is 57.3 Å². The monoisotopic (exact) mass is 350 g/mol. The van der Waals surface area contributed by atoms with E-state index < -0.39 is 0 Å². The first-order chi connectivity index (χ1) is 11.6. The first-order valence-corrected chi connectivity index (χ1v) is 9.39. The largest absolute Gasteiger partial charge is 0.396 e. The number of benzene rings is 1. The van der Waals surface area contributed by atoms with Crippen LogP contribution in [0.4, 0.5) is 0 Å². The van der Waals surface area contributed by atoms with Gasteiger partial charge in [0, 0.05) is 31.3 Å². The number of likely N-dealkylation sites (tertiary alicyclic amines) is 1. The molecule has 3 rings (SSSR count). The molecule has 1 aromatic rings. The summed E-state index contributed by atoms with van der Waals surface area (Å²) in [6.07, 6.45) is 5.17. The molecular weight excluding hydrogens is 324 g/mol. The van der Waals surface area contributed by atoms with Gasteiger partial charge in [-0.1, -0.05) is 30.2 Å². The molecule has 0 bridgehead atoms. The number of halogens is 1. The minimum Gasteiger partial charge on any atom is -0.396 e. The number of amides is 1. The number of hydrogen-bond donors (Lipinski definition) is 2. The standard InChI is InChI=1S/C19H27ClN2O2/c20-17-6-4-16(5-7-17)19(8-2-9-19)18(24)21-10-12-22-11-1-3-15(13-22)14-23/h4-7,15,23H,1-3,8-14H2,(H,21,24)/t15-/m1/s1. The number of aliphatic hydroxyl groups is 1. The summed E-state index contributed by atoms with van der Waals surface area (Å²) in [5.74, 6) is 0.535. The van der Waals surface area contributed by atoms with Crippen molar-refractivity contribution in [1.82, 2.24) is 10.2 Å². The number of piperidine rings is 1. The molecule has 4 nitrogen and oxygen atoms in total. The van der Waals surface area contributed by atoms with Crippen LogP contribution in [0.25, 0.3) is 0 Å². The highest BCUT2D eigenvalue weighted by Crippen LogP contribution is 2.44. The zero-order valence-electron chi connectivity index (χ0n) is 14.1. The molecule has 2 N–H and O–H groups in total. The molecule has 1 heterocycles. The second kappa shape index (κ2) is 7.85. The van der Waals surface area contributed by atoms with E-state index in [-0.39, 0.29) is 17.9 Å². The Bertz CT molecular complexity index is 557. The molecule has 1 amide bonds. The van der Waals surface area contributed by atoms with Gasteiger partial charge in [-0.3, -0.25) is 4.79 Å². The van der Waals surface area contributed by atoms with Crippen LogP contribution >= 0.6 is 11.6 Å². The maximum atomic E-state index is 12.8. The fraction of sp³-hybridized carbons (Fsp3) is 0.632. The SMILES string of the molecule is O=C(NCCN1CCC[C@@H](CO)C1)C1(c2ccc(Cl)cc2)CCC1. The number of hydrogen-bond acceptors (Lipinski definition) is 3. The summed E-state index contributed by atoms with van der Waals surface area (Å²) in [5, 5.41) is 13.2. The predicted molar refractivity (Wildman–Crippen MR) is 96.2 cm³/mol. The Kier molecular flexibility index (Phi) is 5.80. The van der Waals surface area contributed by atoms with Crippen molar-refractivity contribution in [3.05, 3.63) is 34.9 Å². The lowest BCUT2D eigenvalue weighted by molar-refractivity contribution is -0.130. The zero-order valence-corrected chi connectivity index (χ0v) is 14.9. The second-order valence-electron chi connectivity index (χ2n) is 7.19. The minimum atomic E-state index is -0.361. The third-order valence-corrected chi connectivity index (χ3v) is 5.87. The Labute approximate surface area is 149 Å². The number of carbonyl (C=O) groups excluding carboxylic acids is 1. The number of nitrogens with zero attached hydrogens (tertiary/aromatic N) is 1. The van der Waals surface area contributed by atoms with Crippen molar-refractivity contribution in [2.45, 2.75) is 37.5 Å². The first kappa shape index (κ1) is 17.7. The molecule has 1 atom stereocenters. The molecule has 5 heteroatoms. The molecule has 132 valence electrons. The van der Waals surface area contributed by atoms with Gasteiger partial charge in [0.1, 0.15) is 0 Å². The number of carbonyl (C=O) groups is 1. The lowest BCUT2D eigenvalue weighted by Gasteiger charge is -2.41. The third-order valence-electron chi connectivity index (χ3n) is 5.61. The van der Waals surface area contributed by atoms with E-state index >= 15 is 0 Å². The smallest absolute Gasteiger partial charge is 0.230 e. The van der Waals surface area contributed by atoms with Crippen LogP contribution in [-0.4, -0.2) is 48.7 Å². The highest BCUT2D eigenvalue weighted by molar-refractivity contribution is 6.30. The molecule has 0 aromatic heterocycles. The van der Waals surface area contributed by atoms with Crippen molar-refractivity contribution in [3.63, 3.8) is 0 Å². The quantitative estimate of drug-likeness (QED) is 0.829. The minimum absolute atomic E-state index is 0.145. The highest BCUT2D eigenvalue weighted by atomic mass is 35.5. The fourth-order valence-corrected chi connectivity index (χ4v) is 4.07. The molecule has 1 aromatic carbocycles. The lowest BCUT2D eigenvalue weighted by atomic mass is 9.64. The van der Waals surface area contributed by atoms with E-state index in [1.54, 1.807) is 0 Å². The molecule has 24 heavy (non-hydrogen) atoms. The third kappa shape index (κ3) is 3.76. The molecule has 2 fully saturated rings. The van der Waals surface area contributed by atoms with Crippen LogP contribution in [0.5, 0.6) is 0 Å². The molecule has 1 aliphatic carbocycles. The molecule has 0 unspecified atom stereocenters. The molecule has 2 aliphatic rings. The van der Waals surface area contributed by atoms with Gasteiger partial charge >= 0.3 is 0 Å². The van der Waals surface area contributed by atoms with Gasteiger partial charge in [-0.05, 0) is 55.8 Å². The molecule has 1 saturated carbocycles. The van der Waals surface area contributed by atoms with Gasteiger partial charge in [0.25, 0.3) is 0 Å². The Hall–Kier alpha value is -1.10. The zero-order chi connectivity index (χ0) is 17.0. The van der Waals surface area contributed by atoms with Gasteiger partial charge in [-0.2, -0.15) is 0 Å². The maximum Gasteiger partial charge on any atom is 0.230 e. The van der Waals surface area contributed by atoms with Crippen molar-refractivity contribution in [2.75, 3.05) is 32.8 Å². The molecule has 1 saturated heterocycles. The van der Waals surface area contributed by atoms with E-state index in [9.17, 15) is 9.90 Å². The van der Waals surface area contributed by atoms with Crippen LogP contribution in [0.15, 0.2) is 24.3 Å². The number of rotatable bonds is 6. The van der Waals surface area contributed by atoms with Gasteiger partial charge in [0.05, 0.1) is 5.41 Å². The van der Waals surface area contributed by atoms with Crippen molar-refractivity contribution >= 4 is 17.5 Å². The van der Waals surface area contributed by atoms with Crippen LogP contribution in [0.2, 0.25) is 5.02 Å². The summed E-state index contributed by atoms with van der Waals surface area (Å²) in [7, 11) is 0. The van der Waals surface area contributed by atoms with Gasteiger partial charge in [0.15, 0.2) is 0 Å². The average Bonchev–Trinajstić information content (AvgIpc) is 2.56. The Morgan fingerprint density at radius 2 is 2.04 bits per heavy atom. The fourth-order valence-electron chi connectivity index (χ4n) is 3.95. The van der Waals surface area contributed by atoms with Gasteiger partial charge in [-0.15, -0.1) is 0 Å². The van der Waals surface area contributed by atoms with Crippen LogP contribution in [0.3, 0.4) is 0 Å². The summed E-state index contributed by atoms with van der Waals surface area (Å²) in [6.45, 7) is 3.80. The van der Waals surface area contributed by atoms with Gasteiger partial charge < -0.3 is 15.3 Å². The molecule has 1 aliphatic heterocycles. The van der Waals surface area contributed by atoms with E-state index in [4.69, 9.17) is 11.6 Å². The molecule has 0 radical (unpaired) electrons. The van der Waals surface area contributed by atoms with Crippen LogP contribution in [-0.2, 0) is 10.2 Å². The van der Waals surface area contributed by atoms with E-state index in [1.807, 2.05) is 24.3 Å². The van der Waals surface area contributed by atoms with Crippen LogP contribution in [0, 0.1) is 5.92 Å². The number of nitrogens with one attached hydrogen (secondary N) is 1. The lowest BCUT2D eigenvalue weighted by Crippen LogP contribution is -2.51. The summed E-state index contributed by atoms with van der Waals surface area (Å²) in [6, 6.07) is 7.70. The molecule has 0 spiro atoms. The highest BCUT2D eigenvalue weighted by Gasteiger charge is 2.45. The molecular formula is C19H27ClN2O2. The van der Waals surface area contributed by atoms with Gasteiger partial charge in [0.2, 0.25) is 5.91 Å². The first-order valence-electron chi connectivity index (χ1n) is 9.01. The van der Waals surface area contributed by atoms with Crippen molar-refractivity contribution in [2.24, 2.45) is 5.92 Å². The average molecular weight is 351 g/mol. The van der Waals surface area contributed by atoms with E-state index in [1.165, 1.54) is 0 Å². The Morgan fingerprint density at radius 1 is 1.29 bits per heavy atom. The predicted octanol–water partition coefficient (Wildman–Crippen LogP) is 2.58. The summed E-state index contributed by atoms with van der Waals surface area (Å²) in [5.41, 5.74) is 0.717. The van der Waals surface area contributed by atoms with Crippen LogP contribution < -0.4 is 5.32 Å². The summed E-state index contributed by atoms with van der Waals surface area (Å²) >= 11 is 5.97. The van der Waals surface area contributed by atoms with Gasteiger partial charge in [-0.25, -0.2) is 0 Å². The van der Waals surface area contributed by atoms with Crippen molar-refractivity contribution < 1.29 is 9.90 Å². The number of aliphatic hydroxyl groups excluding tert-OH is 1. The Morgan fingerprint density at radius 3 is 2.67 bits per heavy atom. The van der Waals surface area contributed by atoms with E-state index in [0.29, 0.717) is 17.5 Å². The second-order valence-corrected chi connectivity index (χ2v) is 7.63. The summed E-state index contributed by atoms with van der Waals surface area (Å²) < 4.78 is 0. The van der Waals surface area contributed by atoms with Crippen molar-refractivity contribution in [3.8, 4) is 0 Å². The topological polar surface area (TPSA) is 52.6 Å². The normalized spacial score (nSPS) is 23.5. The van der Waals surface area contributed by atoms with Crippen molar-refractivity contribution in [1.29, 1.82) is 0 Å². The maximum absolute atomic E-state index is 12.8.